The fraction of sp³-hybridized carbons (Fsp3) is 0.267. The number of rotatable bonds is 2. The van der Waals surface area contributed by atoms with E-state index in [1.165, 1.54) is 0 Å². The second-order valence-corrected chi connectivity index (χ2v) is 6.71. The molecule has 0 unspecified atom stereocenters. The van der Waals surface area contributed by atoms with Crippen LogP contribution in [0.5, 0.6) is 0 Å². The Labute approximate surface area is 127 Å². The van der Waals surface area contributed by atoms with Crippen molar-refractivity contribution in [3.63, 3.8) is 0 Å². The largest absolute Gasteiger partial charge is 0.391 e. The number of aryl methyl sites for hydroxylation is 1. The van der Waals surface area contributed by atoms with Crippen molar-refractivity contribution < 1.29 is 0 Å². The summed E-state index contributed by atoms with van der Waals surface area (Å²) in [5.74, 6) is 0.969. The number of hydrogen-bond donors (Lipinski definition) is 1. The van der Waals surface area contributed by atoms with Crippen LogP contribution in [0.15, 0.2) is 24.3 Å². The molecular formula is C15H16ClN3S. The number of nitrogens with zero attached hydrogens (tertiary/aromatic N) is 2. The normalized spacial score (nSPS) is 11.7. The molecule has 0 aliphatic rings. The van der Waals surface area contributed by atoms with Crippen molar-refractivity contribution in [2.24, 2.45) is 0 Å². The Bertz CT molecular complexity index is 786. The Morgan fingerprint density at radius 3 is 2.65 bits per heavy atom. The van der Waals surface area contributed by atoms with Gasteiger partial charge in [0.2, 0.25) is 0 Å². The predicted octanol–water partition coefficient (Wildman–Crippen LogP) is 4.89. The summed E-state index contributed by atoms with van der Waals surface area (Å²) in [6.07, 6.45) is 0. The number of benzene rings is 1. The Morgan fingerprint density at radius 2 is 2.05 bits per heavy atom. The predicted molar refractivity (Wildman–Crippen MR) is 87.6 cm³/mol. The van der Waals surface area contributed by atoms with Gasteiger partial charge in [-0.2, -0.15) is 0 Å². The van der Waals surface area contributed by atoms with E-state index in [-0.39, 0.29) is 0 Å². The van der Waals surface area contributed by atoms with Crippen molar-refractivity contribution in [3.8, 4) is 10.7 Å². The van der Waals surface area contributed by atoms with E-state index >= 15 is 0 Å². The minimum Gasteiger partial charge on any atom is -0.391 e. The molecule has 0 amide bonds. The van der Waals surface area contributed by atoms with Crippen LogP contribution in [0.25, 0.3) is 21.7 Å². The lowest BCUT2D eigenvalue weighted by molar-refractivity contribution is 0.625. The molecular weight excluding hydrogens is 290 g/mol. The minimum absolute atomic E-state index is 0.318. The molecule has 104 valence electrons. The average molecular weight is 306 g/mol. The van der Waals surface area contributed by atoms with Crippen molar-refractivity contribution in [1.29, 1.82) is 0 Å². The zero-order chi connectivity index (χ0) is 14.4. The lowest BCUT2D eigenvalue weighted by Gasteiger charge is -2.12. The molecule has 3 aromatic rings. The first-order chi connectivity index (χ1) is 9.47. The van der Waals surface area contributed by atoms with Gasteiger partial charge in [0.05, 0.1) is 20.9 Å². The average Bonchev–Trinajstić information content (AvgIpc) is 2.88. The van der Waals surface area contributed by atoms with Gasteiger partial charge >= 0.3 is 0 Å². The van der Waals surface area contributed by atoms with Gasteiger partial charge in [0.1, 0.15) is 0 Å². The highest BCUT2D eigenvalue weighted by atomic mass is 35.5. The number of thiophene rings is 1. The molecule has 2 heterocycles. The van der Waals surface area contributed by atoms with E-state index < -0.39 is 0 Å². The van der Waals surface area contributed by atoms with E-state index in [0.29, 0.717) is 11.1 Å². The zero-order valence-electron chi connectivity index (χ0n) is 11.6. The van der Waals surface area contributed by atoms with E-state index in [4.69, 9.17) is 22.3 Å². The second-order valence-electron chi connectivity index (χ2n) is 5.19. The Hall–Kier alpha value is -1.52. The summed E-state index contributed by atoms with van der Waals surface area (Å²) in [5, 5.41) is 1.53. The van der Waals surface area contributed by atoms with Crippen molar-refractivity contribution in [1.82, 2.24) is 9.55 Å². The molecule has 0 bridgehead atoms. The van der Waals surface area contributed by atoms with Gasteiger partial charge < -0.3 is 10.3 Å². The number of halogens is 1. The lowest BCUT2D eigenvalue weighted by atomic mass is 10.2. The molecule has 2 N–H and O–H groups in total. The maximum absolute atomic E-state index is 6.07. The summed E-state index contributed by atoms with van der Waals surface area (Å²) in [7, 11) is 0. The van der Waals surface area contributed by atoms with Crippen molar-refractivity contribution >= 4 is 39.0 Å². The third-order valence-corrected chi connectivity index (χ3v) is 4.61. The molecule has 2 aromatic heterocycles. The van der Waals surface area contributed by atoms with Crippen molar-refractivity contribution in [2.75, 3.05) is 5.73 Å². The van der Waals surface area contributed by atoms with Crippen LogP contribution in [-0.4, -0.2) is 9.55 Å². The molecule has 0 saturated heterocycles. The van der Waals surface area contributed by atoms with Crippen LogP contribution in [0.2, 0.25) is 5.02 Å². The summed E-state index contributed by atoms with van der Waals surface area (Å²) >= 11 is 7.65. The number of aromatic nitrogens is 2. The topological polar surface area (TPSA) is 43.8 Å². The molecule has 5 heteroatoms. The first-order valence-electron chi connectivity index (χ1n) is 6.51. The maximum atomic E-state index is 6.07. The SMILES string of the molecule is Cc1cc(N)sc1-c1nc2cc(Cl)ccc2n1C(C)C. The molecule has 0 radical (unpaired) electrons. The second kappa shape index (κ2) is 4.79. The van der Waals surface area contributed by atoms with Crippen molar-refractivity contribution in [3.05, 3.63) is 34.9 Å². The van der Waals surface area contributed by atoms with Gasteiger partial charge in [0, 0.05) is 11.1 Å². The van der Waals surface area contributed by atoms with Crippen LogP contribution in [0.4, 0.5) is 5.00 Å². The van der Waals surface area contributed by atoms with Gasteiger partial charge in [-0.3, -0.25) is 0 Å². The zero-order valence-corrected chi connectivity index (χ0v) is 13.2. The van der Waals surface area contributed by atoms with Gasteiger partial charge in [-0.25, -0.2) is 4.98 Å². The molecule has 0 atom stereocenters. The summed E-state index contributed by atoms with van der Waals surface area (Å²) < 4.78 is 2.24. The van der Waals surface area contributed by atoms with E-state index in [0.717, 1.165) is 32.3 Å². The standard InChI is InChI=1S/C15H16ClN3S/c1-8(2)19-12-5-4-10(16)7-11(12)18-15(19)14-9(3)6-13(17)20-14/h4-8H,17H2,1-3H3. The first kappa shape index (κ1) is 13.5. The first-order valence-corrected chi connectivity index (χ1v) is 7.70. The fourth-order valence-electron chi connectivity index (χ4n) is 2.48. The summed E-state index contributed by atoms with van der Waals surface area (Å²) in [6, 6.07) is 8.16. The molecule has 0 aliphatic carbocycles. The molecule has 1 aromatic carbocycles. The number of nitrogen functional groups attached to an aromatic ring is 1. The third-order valence-electron chi connectivity index (χ3n) is 3.31. The summed E-state index contributed by atoms with van der Waals surface area (Å²) in [6.45, 7) is 6.39. The van der Waals surface area contributed by atoms with Crippen LogP contribution in [0.1, 0.15) is 25.5 Å². The third kappa shape index (κ3) is 2.09. The number of anilines is 1. The van der Waals surface area contributed by atoms with Crippen molar-refractivity contribution in [2.45, 2.75) is 26.8 Å². The van der Waals surface area contributed by atoms with Gasteiger partial charge in [-0.15, -0.1) is 11.3 Å². The molecule has 0 fully saturated rings. The quantitative estimate of drug-likeness (QED) is 0.732. The van der Waals surface area contributed by atoms with Crippen LogP contribution in [-0.2, 0) is 0 Å². The summed E-state index contributed by atoms with van der Waals surface area (Å²) in [4.78, 5) is 5.90. The van der Waals surface area contributed by atoms with Gasteiger partial charge in [0.15, 0.2) is 5.82 Å². The molecule has 0 aliphatic heterocycles. The highest BCUT2D eigenvalue weighted by molar-refractivity contribution is 7.19. The molecule has 0 saturated carbocycles. The van der Waals surface area contributed by atoms with Crippen LogP contribution >= 0.6 is 22.9 Å². The van der Waals surface area contributed by atoms with E-state index in [1.54, 1.807) is 11.3 Å². The lowest BCUT2D eigenvalue weighted by Crippen LogP contribution is -2.02. The number of nitrogens with two attached hydrogens (primary N) is 1. The minimum atomic E-state index is 0.318. The Morgan fingerprint density at radius 1 is 1.30 bits per heavy atom. The fourth-order valence-corrected chi connectivity index (χ4v) is 3.58. The number of imidazole rings is 1. The van der Waals surface area contributed by atoms with Crippen LogP contribution in [0, 0.1) is 6.92 Å². The molecule has 20 heavy (non-hydrogen) atoms. The highest BCUT2D eigenvalue weighted by Crippen LogP contribution is 2.37. The maximum Gasteiger partial charge on any atom is 0.151 e. The number of fused-ring (bicyclic) bond motifs is 1. The Balaban J connectivity index is 2.34. The van der Waals surface area contributed by atoms with E-state index in [2.05, 4.69) is 25.3 Å². The summed E-state index contributed by atoms with van der Waals surface area (Å²) in [5.41, 5.74) is 9.11. The monoisotopic (exact) mass is 305 g/mol. The molecule has 3 rings (SSSR count). The van der Waals surface area contributed by atoms with E-state index in [1.807, 2.05) is 24.3 Å². The van der Waals surface area contributed by atoms with Gasteiger partial charge in [-0.05, 0) is 50.6 Å². The number of hydrogen-bond acceptors (Lipinski definition) is 3. The van der Waals surface area contributed by atoms with Crippen LogP contribution < -0.4 is 5.73 Å². The Kier molecular flexibility index (Phi) is 3.22. The van der Waals surface area contributed by atoms with Gasteiger partial charge in [-0.1, -0.05) is 11.6 Å². The molecule has 0 spiro atoms. The molecule has 3 nitrogen and oxygen atoms in total. The van der Waals surface area contributed by atoms with Crippen LogP contribution in [0.3, 0.4) is 0 Å². The van der Waals surface area contributed by atoms with Gasteiger partial charge in [0.25, 0.3) is 0 Å². The smallest absolute Gasteiger partial charge is 0.151 e. The van der Waals surface area contributed by atoms with E-state index in [9.17, 15) is 0 Å². The highest BCUT2D eigenvalue weighted by Gasteiger charge is 2.18.